The zero-order chi connectivity index (χ0) is 19.6. The number of carbonyl (C=O) groups is 3. The predicted octanol–water partition coefficient (Wildman–Crippen LogP) is 1.76. The van der Waals surface area contributed by atoms with Gasteiger partial charge in [-0.05, 0) is 39.7 Å². The molecule has 0 radical (unpaired) electrons. The van der Waals surface area contributed by atoms with Crippen molar-refractivity contribution in [3.05, 3.63) is 12.3 Å². The van der Waals surface area contributed by atoms with Crippen LogP contribution in [0, 0.1) is 0 Å². The molecule has 144 valence electrons. The van der Waals surface area contributed by atoms with Gasteiger partial charge in [-0.1, -0.05) is 32.6 Å². The van der Waals surface area contributed by atoms with Crippen LogP contribution in [0.5, 0.6) is 0 Å². The summed E-state index contributed by atoms with van der Waals surface area (Å²) in [5, 5.41) is 30.3. The van der Waals surface area contributed by atoms with E-state index in [9.17, 15) is 29.7 Å². The van der Waals surface area contributed by atoms with E-state index < -0.39 is 40.5 Å². The maximum absolute atomic E-state index is 11.6. The number of quaternary nitrogens is 1. The highest BCUT2D eigenvalue weighted by Gasteiger charge is 2.49. The highest BCUT2D eigenvalue weighted by Crippen LogP contribution is 2.27. The molecule has 0 aliphatic heterocycles. The molecule has 0 saturated carbocycles. The minimum atomic E-state index is -1.48. The lowest BCUT2D eigenvalue weighted by Crippen LogP contribution is -2.68. The molecule has 0 aliphatic carbocycles. The average molecular weight is 357 g/mol. The lowest BCUT2D eigenvalue weighted by molar-refractivity contribution is -0.923. The molecule has 0 aliphatic rings. The number of carboxylic acids is 3. The Balaban J connectivity index is 5.57. The number of aliphatic carboxylic acids is 3. The fourth-order valence-corrected chi connectivity index (χ4v) is 3.08. The quantitative estimate of drug-likeness (QED) is 0.383. The highest BCUT2D eigenvalue weighted by atomic mass is 16.4. The van der Waals surface area contributed by atoms with Crippen LogP contribution >= 0.6 is 0 Å². The Morgan fingerprint density at radius 1 is 0.920 bits per heavy atom. The lowest BCUT2D eigenvalue weighted by Gasteiger charge is -2.46. The maximum Gasteiger partial charge on any atom is 0.362 e. The summed E-state index contributed by atoms with van der Waals surface area (Å²) in [6.07, 6.45) is 9.07. The first-order valence-electron chi connectivity index (χ1n) is 8.84. The summed E-state index contributed by atoms with van der Waals surface area (Å²) < 4.78 is -0.720. The Morgan fingerprint density at radius 3 is 1.80 bits per heavy atom. The normalized spacial score (nSPS) is 17.6. The van der Waals surface area contributed by atoms with Crippen LogP contribution in [0.15, 0.2) is 12.3 Å². The monoisotopic (exact) mass is 357 g/mol. The third-order valence-corrected chi connectivity index (χ3v) is 4.91. The lowest BCUT2D eigenvalue weighted by atomic mass is 10.0. The summed E-state index contributed by atoms with van der Waals surface area (Å²) >= 11 is 0. The molecule has 25 heavy (non-hydrogen) atoms. The van der Waals surface area contributed by atoms with Gasteiger partial charge in [-0.15, -0.1) is 0 Å². The molecule has 0 fully saturated rings. The molecule has 0 aromatic heterocycles. The fraction of sp³-hybridized carbons (Fsp3) is 0.722. The van der Waals surface area contributed by atoms with E-state index in [2.05, 4.69) is 6.92 Å². The van der Waals surface area contributed by atoms with Gasteiger partial charge in [-0.2, -0.15) is 0 Å². The smallest absolute Gasteiger partial charge is 0.362 e. The number of carboxylic acid groups (broad SMARTS) is 3. The van der Waals surface area contributed by atoms with Crippen LogP contribution in [0.3, 0.4) is 0 Å². The number of unbranched alkanes of at least 4 members (excludes halogenated alkanes) is 5. The van der Waals surface area contributed by atoms with Crippen molar-refractivity contribution in [1.29, 1.82) is 0 Å². The third-order valence-electron chi connectivity index (χ3n) is 4.91. The molecule has 0 heterocycles. The summed E-state index contributed by atoms with van der Waals surface area (Å²) in [6, 6.07) is -3.79. The number of rotatable bonds is 13. The van der Waals surface area contributed by atoms with Gasteiger partial charge in [0.1, 0.15) is 6.04 Å². The van der Waals surface area contributed by atoms with Crippen molar-refractivity contribution in [2.24, 2.45) is 0 Å². The first-order chi connectivity index (χ1) is 11.6. The SMILES string of the molecule is CCCCCCC/C=C/[N+](C(C)C(=O)[O-])(C(C)C(=O)O)C(C)C(=O)O. The Bertz CT molecular complexity index is 438. The van der Waals surface area contributed by atoms with Gasteiger partial charge in [0.15, 0.2) is 12.1 Å². The summed E-state index contributed by atoms with van der Waals surface area (Å²) in [7, 11) is 0. The molecule has 0 saturated heterocycles. The Kier molecular flexibility index (Phi) is 10.0. The largest absolute Gasteiger partial charge is 0.544 e. The number of hydrogen-bond acceptors (Lipinski definition) is 4. The van der Waals surface area contributed by atoms with Crippen LogP contribution in [-0.4, -0.2) is 50.7 Å². The standard InChI is InChI=1S/C18H31NO6/c1-5-6-7-8-9-10-11-12-19(13(2)16(20)21,14(3)17(22)23)15(4)18(24)25/h11-15H,5-10H2,1-4H3,(H2-,20,21,22,23,24,25)/b12-11+. The molecule has 2 N–H and O–H groups in total. The minimum absolute atomic E-state index is 0.641. The van der Waals surface area contributed by atoms with Gasteiger partial charge in [0.05, 0.1) is 12.2 Å². The van der Waals surface area contributed by atoms with Crippen molar-refractivity contribution in [2.75, 3.05) is 0 Å². The molecular weight excluding hydrogens is 326 g/mol. The van der Waals surface area contributed by atoms with Gasteiger partial charge in [0.25, 0.3) is 0 Å². The Labute approximate surface area is 149 Å². The molecule has 3 atom stereocenters. The number of hydrogen-bond donors (Lipinski definition) is 2. The van der Waals surface area contributed by atoms with Crippen LogP contribution in [0.1, 0.15) is 66.2 Å². The van der Waals surface area contributed by atoms with E-state index in [4.69, 9.17) is 0 Å². The molecule has 0 rings (SSSR count). The first-order valence-corrected chi connectivity index (χ1v) is 8.84. The first kappa shape index (κ1) is 23.1. The molecule has 0 aromatic rings. The van der Waals surface area contributed by atoms with Crippen molar-refractivity contribution in [3.8, 4) is 0 Å². The fourth-order valence-electron chi connectivity index (χ4n) is 3.08. The van der Waals surface area contributed by atoms with Gasteiger partial charge in [0.2, 0.25) is 0 Å². The second kappa shape index (κ2) is 10.9. The molecule has 7 nitrogen and oxygen atoms in total. The van der Waals surface area contributed by atoms with Crippen molar-refractivity contribution in [2.45, 2.75) is 84.3 Å². The van der Waals surface area contributed by atoms with Crippen LogP contribution in [0.2, 0.25) is 0 Å². The zero-order valence-electron chi connectivity index (χ0n) is 15.6. The van der Waals surface area contributed by atoms with E-state index in [0.717, 1.165) is 32.1 Å². The topological polar surface area (TPSA) is 115 Å². The molecule has 0 bridgehead atoms. The van der Waals surface area contributed by atoms with Crippen molar-refractivity contribution in [3.63, 3.8) is 0 Å². The Hall–Kier alpha value is -1.89. The number of nitrogens with zero attached hydrogens (tertiary/aromatic N) is 1. The van der Waals surface area contributed by atoms with Gasteiger partial charge in [-0.3, -0.25) is 4.48 Å². The van der Waals surface area contributed by atoms with E-state index in [1.165, 1.54) is 27.0 Å². The molecule has 0 aromatic carbocycles. The summed E-state index contributed by atoms with van der Waals surface area (Å²) in [4.78, 5) is 34.6. The van der Waals surface area contributed by atoms with Crippen molar-refractivity contribution < 1.29 is 34.2 Å². The van der Waals surface area contributed by atoms with Crippen molar-refractivity contribution >= 4 is 17.9 Å². The Morgan fingerprint density at radius 2 is 1.40 bits per heavy atom. The number of allylic oxidation sites excluding steroid dienone is 1. The molecular formula is C18H31NO6. The van der Waals surface area contributed by atoms with Gasteiger partial charge >= 0.3 is 11.9 Å². The average Bonchev–Trinajstić information content (AvgIpc) is 2.55. The van der Waals surface area contributed by atoms with E-state index in [1.807, 2.05) is 0 Å². The van der Waals surface area contributed by atoms with E-state index in [0.29, 0.717) is 6.42 Å². The second-order valence-electron chi connectivity index (χ2n) is 6.51. The summed E-state index contributed by atoms with van der Waals surface area (Å²) in [5.41, 5.74) is 0. The predicted molar refractivity (Wildman–Crippen MR) is 91.4 cm³/mol. The maximum atomic E-state index is 11.6. The van der Waals surface area contributed by atoms with Crippen LogP contribution in [0.25, 0.3) is 0 Å². The third kappa shape index (κ3) is 6.16. The molecule has 3 unspecified atom stereocenters. The summed E-state index contributed by atoms with van der Waals surface area (Å²) in [5.74, 6) is -3.99. The van der Waals surface area contributed by atoms with Crippen molar-refractivity contribution in [1.82, 2.24) is 0 Å². The molecule has 0 spiro atoms. The van der Waals surface area contributed by atoms with Gasteiger partial charge < -0.3 is 20.1 Å². The second-order valence-corrected chi connectivity index (χ2v) is 6.51. The zero-order valence-corrected chi connectivity index (χ0v) is 15.6. The molecule has 7 heteroatoms. The molecule has 0 amide bonds. The van der Waals surface area contributed by atoms with Crippen LogP contribution in [-0.2, 0) is 14.4 Å². The summed E-state index contributed by atoms with van der Waals surface area (Å²) in [6.45, 7) is 6.06. The van der Waals surface area contributed by atoms with Crippen LogP contribution < -0.4 is 5.11 Å². The van der Waals surface area contributed by atoms with Gasteiger partial charge in [0, 0.05) is 0 Å². The minimum Gasteiger partial charge on any atom is -0.544 e. The van der Waals surface area contributed by atoms with Crippen LogP contribution in [0.4, 0.5) is 0 Å². The van der Waals surface area contributed by atoms with E-state index in [-0.39, 0.29) is 0 Å². The van der Waals surface area contributed by atoms with Gasteiger partial charge in [-0.25, -0.2) is 9.59 Å². The van der Waals surface area contributed by atoms with E-state index >= 15 is 0 Å². The highest BCUT2D eigenvalue weighted by molar-refractivity contribution is 5.77. The van der Waals surface area contributed by atoms with E-state index in [1.54, 1.807) is 6.08 Å². The number of carbonyl (C=O) groups excluding carboxylic acids is 1.